The molecule has 0 spiro atoms. The van der Waals surface area contributed by atoms with E-state index >= 15 is 0 Å². The molecule has 0 bridgehead atoms. The lowest BCUT2D eigenvalue weighted by molar-refractivity contribution is -0.314. The minimum atomic E-state index is -3.92. The van der Waals surface area contributed by atoms with Crippen molar-refractivity contribution in [1.82, 2.24) is 39.0 Å². The number of halogens is 2. The number of hydrogen-bond donors (Lipinski definition) is 4. The summed E-state index contributed by atoms with van der Waals surface area (Å²) >= 11 is 12.0. The Labute approximate surface area is 428 Å². The fraction of sp³-hybridized carbons (Fsp3) is 0.767. The number of fused-ring (bicyclic) bond motifs is 3. The molecule has 4 aromatic heterocycles. The molecule has 0 radical (unpaired) electrons. The topological polar surface area (TPSA) is 315 Å². The maximum Gasteiger partial charge on any atom is 0.475 e. The van der Waals surface area contributed by atoms with E-state index in [1.54, 1.807) is 73.2 Å². The Balaban J connectivity index is 0.000000215. The highest BCUT2D eigenvalue weighted by atomic mass is 35.5. The van der Waals surface area contributed by atoms with Crippen LogP contribution < -0.4 is 11.5 Å². The van der Waals surface area contributed by atoms with Gasteiger partial charge in [-0.05, 0) is 105 Å². The van der Waals surface area contributed by atoms with Gasteiger partial charge in [0.25, 0.3) is 0 Å². The molecule has 8 heterocycles. The fourth-order valence-electron chi connectivity index (χ4n) is 8.36. The van der Waals surface area contributed by atoms with Gasteiger partial charge in [0.1, 0.15) is 41.8 Å². The van der Waals surface area contributed by atoms with Crippen LogP contribution in [0.3, 0.4) is 0 Å². The lowest BCUT2D eigenvalue weighted by Crippen LogP contribution is -2.54. The third-order valence-corrected chi connectivity index (χ3v) is 15.5. The van der Waals surface area contributed by atoms with Gasteiger partial charge in [-0.15, -0.1) is 0 Å². The highest BCUT2D eigenvalue weighted by molar-refractivity contribution is 7.48. The van der Waals surface area contributed by atoms with Crippen LogP contribution in [0.15, 0.2) is 12.7 Å². The summed E-state index contributed by atoms with van der Waals surface area (Å²) in [6.07, 6.45) is -0.887. The Bertz CT molecular complexity index is 2520. The molecule has 29 heteroatoms. The van der Waals surface area contributed by atoms with E-state index in [1.165, 1.54) is 23.7 Å². The zero-order valence-electron chi connectivity index (χ0n) is 42.7. The van der Waals surface area contributed by atoms with Gasteiger partial charge in [-0.25, -0.2) is 19.1 Å². The first-order valence-electron chi connectivity index (χ1n) is 23.7. The van der Waals surface area contributed by atoms with Gasteiger partial charge >= 0.3 is 15.6 Å². The molecule has 4 aliphatic rings. The second kappa shape index (κ2) is 23.6. The van der Waals surface area contributed by atoms with E-state index < -0.39 is 87.9 Å². The van der Waals surface area contributed by atoms with Crippen molar-refractivity contribution in [3.05, 3.63) is 23.2 Å². The van der Waals surface area contributed by atoms with Crippen molar-refractivity contribution in [3.63, 3.8) is 0 Å². The minimum Gasteiger partial charge on any atom is -0.396 e. The number of ether oxygens (including phenoxy) is 5. The molecule has 8 rings (SSSR count). The van der Waals surface area contributed by atoms with Gasteiger partial charge in [0, 0.05) is 13.2 Å². The molecule has 2 unspecified atom stereocenters. The number of aliphatic hydroxyl groups excluding tert-OH is 2. The van der Waals surface area contributed by atoms with E-state index in [2.05, 4.69) is 29.9 Å². The van der Waals surface area contributed by atoms with Crippen LogP contribution in [0.4, 0.5) is 11.6 Å². The van der Waals surface area contributed by atoms with Crippen LogP contribution in [0.5, 0.6) is 0 Å². The van der Waals surface area contributed by atoms with Gasteiger partial charge in [0.05, 0.1) is 80.4 Å². The second-order valence-corrected chi connectivity index (χ2v) is 23.5. The molecule has 0 aromatic carbocycles. The van der Waals surface area contributed by atoms with Crippen molar-refractivity contribution in [2.45, 2.75) is 163 Å². The molecular weight excluding hydrogens is 1030 g/mol. The molecular formula is C43H70Cl2N10O15P2. The minimum absolute atomic E-state index is 0.00813. The number of rotatable bonds is 17. The van der Waals surface area contributed by atoms with Gasteiger partial charge in [-0.2, -0.15) is 19.9 Å². The van der Waals surface area contributed by atoms with Gasteiger partial charge in [-0.1, -0.05) is 13.8 Å². The number of nitrogens with two attached hydrogens (primary N) is 2. The van der Waals surface area contributed by atoms with Crippen LogP contribution in [-0.4, -0.2) is 144 Å². The average Bonchev–Trinajstić information content (AvgIpc) is 4.12. The number of aromatic nitrogens is 8. The standard InChI is InChI=1S/C21H33ClN5O7P.C18H29ClN5O7P.C4H8O/c1-11(2)33-35(28,34-12(3)4)30-8-13-15-21(7,9-29-20(5,6)32-15)18(31-13)27-10-24-14-16(23)25-19(22)26-17(14)27;1-9(2)30-32(27,31-10(3)4)28-6-11-13(26)18(5,7-25)16(29-11)24-8-21-12-14(20)22-17(19)23-15(12)24;1-2-4-5-3-1/h10-13,15,18H,8-9H2,1-7H3,(H2,23,25,26);8-11,13,16,25-26H,6-7H2,1-5H3,(H2,20,22,23);1-4H2/t13-,15?,18-,21+;11-,13?,16-,18+;/m11./s1. The lowest BCUT2D eigenvalue weighted by Gasteiger charge is -2.45. The quantitative estimate of drug-likeness (QED) is 0.0600. The first-order chi connectivity index (χ1) is 33.6. The van der Waals surface area contributed by atoms with Crippen molar-refractivity contribution in [1.29, 1.82) is 0 Å². The number of anilines is 2. The Morgan fingerprint density at radius 3 is 1.57 bits per heavy atom. The zero-order chi connectivity index (χ0) is 53.1. The summed E-state index contributed by atoms with van der Waals surface area (Å²) in [4.78, 5) is 24.9. The predicted molar refractivity (Wildman–Crippen MR) is 264 cm³/mol. The van der Waals surface area contributed by atoms with Crippen molar-refractivity contribution >= 4 is 72.8 Å². The van der Waals surface area contributed by atoms with Crippen molar-refractivity contribution in [2.24, 2.45) is 10.8 Å². The number of nitrogens with zero attached hydrogens (tertiary/aromatic N) is 8. The van der Waals surface area contributed by atoms with Crippen molar-refractivity contribution < 1.29 is 70.2 Å². The van der Waals surface area contributed by atoms with Gasteiger partial charge in [0.2, 0.25) is 10.6 Å². The van der Waals surface area contributed by atoms with E-state index in [0.717, 1.165) is 13.2 Å². The van der Waals surface area contributed by atoms with E-state index in [-0.39, 0.29) is 53.3 Å². The van der Waals surface area contributed by atoms with Crippen molar-refractivity contribution in [2.75, 3.05) is 51.1 Å². The molecule has 0 amide bonds. The normalized spacial score (nSPS) is 27.5. The Kier molecular flexibility index (Phi) is 19.2. The van der Waals surface area contributed by atoms with Crippen LogP contribution in [0.2, 0.25) is 10.6 Å². The Morgan fingerprint density at radius 1 is 0.722 bits per heavy atom. The summed E-state index contributed by atoms with van der Waals surface area (Å²) in [7, 11) is -7.78. The molecule has 8 atom stereocenters. The monoisotopic (exact) mass is 1100 g/mol. The first kappa shape index (κ1) is 58.5. The lowest BCUT2D eigenvalue weighted by atomic mass is 9.81. The molecule has 72 heavy (non-hydrogen) atoms. The van der Waals surface area contributed by atoms with E-state index in [4.69, 9.17) is 85.5 Å². The Hall–Kier alpha value is -2.78. The summed E-state index contributed by atoms with van der Waals surface area (Å²) in [5.41, 5.74) is 11.4. The maximum atomic E-state index is 13.3. The second-order valence-electron chi connectivity index (χ2n) is 19.7. The SMILES string of the molecule is C1CCOC1.CC(C)OP(=O)(OC[C@H]1O[C@@H](n2cnc3c(N)nc(Cl)nc32)[C@@](C)(CO)C1O)OC(C)C.CC(C)OP(=O)(OC[C@H]1O[C@@H](n2cnc3c(N)nc(Cl)nc32)[C@@]2(C)COC(C)(C)OC12)OC(C)C. The molecule has 25 nitrogen and oxygen atoms in total. The van der Waals surface area contributed by atoms with Crippen LogP contribution in [0.25, 0.3) is 22.3 Å². The highest BCUT2D eigenvalue weighted by Gasteiger charge is 2.61. The molecule has 4 saturated heterocycles. The zero-order valence-corrected chi connectivity index (χ0v) is 46.0. The first-order valence-corrected chi connectivity index (χ1v) is 27.3. The predicted octanol–water partition coefficient (Wildman–Crippen LogP) is 7.18. The van der Waals surface area contributed by atoms with Gasteiger partial charge in [-0.3, -0.25) is 36.3 Å². The number of aliphatic hydroxyl groups is 2. The van der Waals surface area contributed by atoms with Crippen LogP contribution in [0.1, 0.15) is 108 Å². The van der Waals surface area contributed by atoms with E-state index in [9.17, 15) is 19.3 Å². The molecule has 0 saturated carbocycles. The van der Waals surface area contributed by atoms with Crippen LogP contribution in [0, 0.1) is 10.8 Å². The van der Waals surface area contributed by atoms with Gasteiger partial charge < -0.3 is 45.4 Å². The van der Waals surface area contributed by atoms with E-state index in [0.29, 0.717) is 23.3 Å². The van der Waals surface area contributed by atoms with Gasteiger partial charge in [0.15, 0.2) is 28.7 Å². The smallest absolute Gasteiger partial charge is 0.396 e. The molecule has 4 aliphatic heterocycles. The summed E-state index contributed by atoms with van der Waals surface area (Å²) in [6, 6.07) is 0. The van der Waals surface area contributed by atoms with E-state index in [1.807, 2.05) is 20.8 Å². The fourth-order valence-corrected chi connectivity index (χ4v) is 11.8. The van der Waals surface area contributed by atoms with Crippen LogP contribution >= 0.6 is 38.8 Å². The number of nitrogen functional groups attached to an aromatic ring is 2. The maximum absolute atomic E-state index is 13.3. The largest absolute Gasteiger partial charge is 0.475 e. The number of phosphoric acid groups is 2. The Morgan fingerprint density at radius 2 is 1.15 bits per heavy atom. The molecule has 406 valence electrons. The summed E-state index contributed by atoms with van der Waals surface area (Å²) < 4.78 is 92.3. The highest BCUT2D eigenvalue weighted by Crippen LogP contribution is 2.57. The molecule has 0 aliphatic carbocycles. The molecule has 4 aromatic rings. The number of imidazole rings is 2. The molecule has 4 fully saturated rings. The third kappa shape index (κ3) is 13.6. The number of hydrogen-bond acceptors (Lipinski definition) is 23. The summed E-state index contributed by atoms with van der Waals surface area (Å²) in [5, 5.41) is 21.0. The third-order valence-electron chi connectivity index (χ3n) is 11.6. The summed E-state index contributed by atoms with van der Waals surface area (Å²) in [6.45, 7) is 22.5. The average molecular weight is 1100 g/mol. The number of phosphoric ester groups is 2. The van der Waals surface area contributed by atoms with Crippen molar-refractivity contribution in [3.8, 4) is 0 Å². The van der Waals surface area contributed by atoms with Crippen LogP contribution in [-0.2, 0) is 60.0 Å². The molecule has 6 N–H and O–H groups in total. The summed E-state index contributed by atoms with van der Waals surface area (Å²) in [5.74, 6) is -0.617.